The van der Waals surface area contributed by atoms with Gasteiger partial charge >= 0.3 is 0 Å². The Kier molecular flexibility index (Phi) is 5.10. The van der Waals surface area contributed by atoms with E-state index in [4.69, 9.17) is 11.6 Å². The molecule has 0 radical (unpaired) electrons. The Morgan fingerprint density at radius 1 is 1.27 bits per heavy atom. The van der Waals surface area contributed by atoms with E-state index < -0.39 is 0 Å². The molecular weight excluding hydrogens is 211 g/mol. The van der Waals surface area contributed by atoms with E-state index in [2.05, 4.69) is 13.8 Å². The van der Waals surface area contributed by atoms with E-state index in [1.54, 1.807) is 12.1 Å². The van der Waals surface area contributed by atoms with Crippen LogP contribution in [-0.4, -0.2) is 5.88 Å². The molecule has 1 rings (SSSR count). The fraction of sp³-hybridized carbons (Fsp3) is 0.538. The van der Waals surface area contributed by atoms with Crippen molar-refractivity contribution in [3.63, 3.8) is 0 Å². The Labute approximate surface area is 96.5 Å². The maximum Gasteiger partial charge on any atom is 0.123 e. The number of alkyl halides is 1. The molecule has 0 bridgehead atoms. The molecule has 0 saturated heterocycles. The van der Waals surface area contributed by atoms with Crippen LogP contribution in [0.25, 0.3) is 0 Å². The van der Waals surface area contributed by atoms with Crippen LogP contribution in [0.3, 0.4) is 0 Å². The lowest BCUT2D eigenvalue weighted by Gasteiger charge is -2.23. The first-order chi connectivity index (χ1) is 7.22. The molecule has 1 aromatic rings. The summed E-state index contributed by atoms with van der Waals surface area (Å²) in [5, 5.41) is 0. The summed E-state index contributed by atoms with van der Waals surface area (Å²) in [6.07, 6.45) is 2.18. The van der Waals surface area contributed by atoms with Gasteiger partial charge in [-0.1, -0.05) is 38.8 Å². The highest BCUT2D eigenvalue weighted by atomic mass is 35.5. The van der Waals surface area contributed by atoms with Crippen LogP contribution in [0.15, 0.2) is 24.3 Å². The smallest absolute Gasteiger partial charge is 0.123 e. The van der Waals surface area contributed by atoms with Crippen LogP contribution in [0.1, 0.15) is 38.2 Å². The van der Waals surface area contributed by atoms with Crippen molar-refractivity contribution in [1.82, 2.24) is 0 Å². The molecule has 0 nitrogen and oxygen atoms in total. The zero-order valence-electron chi connectivity index (χ0n) is 9.34. The van der Waals surface area contributed by atoms with Crippen molar-refractivity contribution in [3.05, 3.63) is 35.6 Å². The van der Waals surface area contributed by atoms with E-state index in [9.17, 15) is 4.39 Å². The third kappa shape index (κ3) is 3.20. The molecule has 0 saturated carbocycles. The average Bonchev–Trinajstić information content (AvgIpc) is 2.25. The predicted molar refractivity (Wildman–Crippen MR) is 63.9 cm³/mol. The lowest BCUT2D eigenvalue weighted by atomic mass is 9.84. The largest absolute Gasteiger partial charge is 0.207 e. The topological polar surface area (TPSA) is 0 Å². The molecule has 1 aromatic carbocycles. The number of rotatable bonds is 5. The molecular formula is C13H18ClF. The van der Waals surface area contributed by atoms with Crippen molar-refractivity contribution in [2.45, 2.75) is 32.6 Å². The molecule has 0 heterocycles. The number of hydrogen-bond donors (Lipinski definition) is 0. The molecule has 2 heteroatoms. The second kappa shape index (κ2) is 6.12. The summed E-state index contributed by atoms with van der Waals surface area (Å²) in [6.45, 7) is 4.32. The minimum atomic E-state index is -0.173. The van der Waals surface area contributed by atoms with Gasteiger partial charge in [0, 0.05) is 11.8 Å². The minimum absolute atomic E-state index is 0.173. The molecule has 15 heavy (non-hydrogen) atoms. The van der Waals surface area contributed by atoms with Crippen molar-refractivity contribution < 1.29 is 4.39 Å². The summed E-state index contributed by atoms with van der Waals surface area (Å²) in [7, 11) is 0. The minimum Gasteiger partial charge on any atom is -0.207 e. The summed E-state index contributed by atoms with van der Waals surface area (Å²) < 4.78 is 13.1. The van der Waals surface area contributed by atoms with E-state index >= 15 is 0 Å². The fourth-order valence-electron chi connectivity index (χ4n) is 2.08. The average molecular weight is 229 g/mol. The van der Waals surface area contributed by atoms with Gasteiger partial charge in [0.1, 0.15) is 5.82 Å². The van der Waals surface area contributed by atoms with Crippen LogP contribution in [0.4, 0.5) is 4.39 Å². The SMILES string of the molecule is CCC(CC)C(CCl)c1cccc(F)c1. The van der Waals surface area contributed by atoms with Gasteiger partial charge in [0.05, 0.1) is 0 Å². The van der Waals surface area contributed by atoms with Gasteiger partial charge in [-0.05, 0) is 23.6 Å². The van der Waals surface area contributed by atoms with Crippen LogP contribution in [0.2, 0.25) is 0 Å². The molecule has 0 amide bonds. The first-order valence-corrected chi connectivity index (χ1v) is 6.07. The van der Waals surface area contributed by atoms with Crippen molar-refractivity contribution >= 4 is 11.6 Å². The molecule has 0 spiro atoms. The van der Waals surface area contributed by atoms with Gasteiger partial charge in [0.25, 0.3) is 0 Å². The van der Waals surface area contributed by atoms with Gasteiger partial charge < -0.3 is 0 Å². The predicted octanol–water partition coefficient (Wildman–Crippen LogP) is 4.58. The molecule has 1 unspecified atom stereocenters. The van der Waals surface area contributed by atoms with Crippen molar-refractivity contribution in [1.29, 1.82) is 0 Å². The summed E-state index contributed by atoms with van der Waals surface area (Å²) >= 11 is 5.98. The maximum absolute atomic E-state index is 13.1. The maximum atomic E-state index is 13.1. The van der Waals surface area contributed by atoms with Crippen molar-refractivity contribution in [2.24, 2.45) is 5.92 Å². The molecule has 0 N–H and O–H groups in total. The van der Waals surface area contributed by atoms with Crippen LogP contribution >= 0.6 is 11.6 Å². The normalized spacial score (nSPS) is 13.1. The van der Waals surface area contributed by atoms with Crippen molar-refractivity contribution in [3.8, 4) is 0 Å². The van der Waals surface area contributed by atoms with Gasteiger partial charge in [-0.3, -0.25) is 0 Å². The van der Waals surface area contributed by atoms with Crippen LogP contribution < -0.4 is 0 Å². The Balaban J connectivity index is 2.90. The van der Waals surface area contributed by atoms with Gasteiger partial charge in [-0.25, -0.2) is 4.39 Å². The van der Waals surface area contributed by atoms with Gasteiger partial charge in [0.2, 0.25) is 0 Å². The molecule has 0 aliphatic carbocycles. The number of benzene rings is 1. The van der Waals surface area contributed by atoms with E-state index in [-0.39, 0.29) is 11.7 Å². The number of halogens is 2. The summed E-state index contributed by atoms with van der Waals surface area (Å²) in [5.41, 5.74) is 1.03. The fourth-order valence-corrected chi connectivity index (χ4v) is 2.51. The van der Waals surface area contributed by atoms with Crippen LogP contribution in [0.5, 0.6) is 0 Å². The highest BCUT2D eigenvalue weighted by Crippen LogP contribution is 2.30. The summed E-state index contributed by atoms with van der Waals surface area (Å²) in [6, 6.07) is 6.80. The molecule has 0 aromatic heterocycles. The summed E-state index contributed by atoms with van der Waals surface area (Å²) in [5.74, 6) is 1.21. The standard InChI is InChI=1S/C13H18ClF/c1-3-10(4-2)13(9-14)11-6-5-7-12(15)8-11/h5-8,10,13H,3-4,9H2,1-2H3. The van der Waals surface area contributed by atoms with Gasteiger partial charge in [-0.2, -0.15) is 0 Å². The monoisotopic (exact) mass is 228 g/mol. The van der Waals surface area contributed by atoms with Crippen molar-refractivity contribution in [2.75, 3.05) is 5.88 Å². The molecule has 0 aliphatic heterocycles. The lowest BCUT2D eigenvalue weighted by molar-refractivity contribution is 0.421. The zero-order chi connectivity index (χ0) is 11.3. The Hall–Kier alpha value is -0.560. The first kappa shape index (κ1) is 12.5. The van der Waals surface area contributed by atoms with Crippen LogP contribution in [0, 0.1) is 11.7 Å². The van der Waals surface area contributed by atoms with Gasteiger partial charge in [-0.15, -0.1) is 11.6 Å². The third-order valence-electron chi connectivity index (χ3n) is 3.06. The van der Waals surface area contributed by atoms with E-state index in [1.165, 1.54) is 6.07 Å². The highest BCUT2D eigenvalue weighted by Gasteiger charge is 2.19. The Bertz CT molecular complexity index is 294. The molecule has 1 atom stereocenters. The van der Waals surface area contributed by atoms with E-state index in [0.29, 0.717) is 11.8 Å². The lowest BCUT2D eigenvalue weighted by Crippen LogP contribution is -2.13. The zero-order valence-corrected chi connectivity index (χ0v) is 10.1. The Morgan fingerprint density at radius 2 is 1.93 bits per heavy atom. The molecule has 84 valence electrons. The second-order valence-corrected chi connectivity index (χ2v) is 4.20. The third-order valence-corrected chi connectivity index (χ3v) is 3.39. The van der Waals surface area contributed by atoms with E-state index in [0.717, 1.165) is 18.4 Å². The van der Waals surface area contributed by atoms with Gasteiger partial charge in [0.15, 0.2) is 0 Å². The second-order valence-electron chi connectivity index (χ2n) is 3.89. The molecule has 0 aliphatic rings. The highest BCUT2D eigenvalue weighted by molar-refractivity contribution is 6.18. The molecule has 0 fully saturated rings. The summed E-state index contributed by atoms with van der Waals surface area (Å²) in [4.78, 5) is 0. The van der Waals surface area contributed by atoms with E-state index in [1.807, 2.05) is 6.07 Å². The quantitative estimate of drug-likeness (QED) is 0.647. The first-order valence-electron chi connectivity index (χ1n) is 5.54. The Morgan fingerprint density at radius 3 is 2.40 bits per heavy atom. The number of hydrogen-bond acceptors (Lipinski definition) is 0. The van der Waals surface area contributed by atoms with Crippen LogP contribution in [-0.2, 0) is 0 Å².